The Morgan fingerprint density at radius 3 is 1.32 bits per heavy atom. The van der Waals surface area contributed by atoms with Gasteiger partial charge in [0.2, 0.25) is 8.32 Å². The predicted molar refractivity (Wildman–Crippen MR) is 143 cm³/mol. The van der Waals surface area contributed by atoms with Gasteiger partial charge in [0.25, 0.3) is 0 Å². The second kappa shape index (κ2) is 11.2. The molecule has 0 saturated carbocycles. The molecule has 6 nitrogen and oxygen atoms in total. The van der Waals surface area contributed by atoms with Gasteiger partial charge in [-0.2, -0.15) is 0 Å². The van der Waals surface area contributed by atoms with Crippen LogP contribution < -0.4 is 0 Å². The second-order valence-corrected chi connectivity index (χ2v) is 35.4. The van der Waals surface area contributed by atoms with Gasteiger partial charge in [0.1, 0.15) is 6.10 Å². The van der Waals surface area contributed by atoms with Gasteiger partial charge in [-0.05, 0) is 98.2 Å². The van der Waals surface area contributed by atoms with Crippen molar-refractivity contribution in [1.82, 2.24) is 0 Å². The lowest BCUT2D eigenvalue weighted by Gasteiger charge is -2.41. The summed E-state index contributed by atoms with van der Waals surface area (Å²) < 4.78 is 31.9. The van der Waals surface area contributed by atoms with E-state index >= 15 is 0 Å². The van der Waals surface area contributed by atoms with Crippen LogP contribution in [0.4, 0.5) is 0 Å². The lowest BCUT2D eigenvalue weighted by molar-refractivity contribution is -0.153. The Morgan fingerprint density at radius 1 is 0.581 bits per heavy atom. The van der Waals surface area contributed by atoms with Crippen molar-refractivity contribution in [3.63, 3.8) is 0 Å². The molecule has 0 fully saturated rings. The fourth-order valence-corrected chi connectivity index (χ4v) is 7.29. The molecule has 0 aromatic heterocycles. The van der Waals surface area contributed by atoms with Gasteiger partial charge in [-0.15, -0.1) is 0 Å². The topological polar surface area (TPSA) is 63.2 Å². The van der Waals surface area contributed by atoms with Gasteiger partial charge in [0.15, 0.2) is 39.4 Å². The molecule has 186 valence electrons. The van der Waals surface area contributed by atoms with E-state index in [1.165, 1.54) is 0 Å². The molecule has 0 aliphatic heterocycles. The van der Waals surface area contributed by atoms with Crippen LogP contribution in [0, 0.1) is 0 Å². The van der Waals surface area contributed by atoms with Crippen molar-refractivity contribution in [2.24, 2.45) is 0 Å². The van der Waals surface area contributed by atoms with Crippen molar-refractivity contribution in [2.75, 3.05) is 6.61 Å². The zero-order chi connectivity index (χ0) is 25.1. The molecule has 0 unspecified atom stereocenters. The molecule has 3 atom stereocenters. The van der Waals surface area contributed by atoms with Gasteiger partial charge in [-0.25, -0.2) is 0 Å². The van der Waals surface area contributed by atoms with Crippen molar-refractivity contribution < 1.29 is 26.9 Å². The molecule has 0 aromatic rings. The highest BCUT2D eigenvalue weighted by atomic mass is 28.4. The molecule has 0 N–H and O–H groups in total. The summed E-state index contributed by atoms with van der Waals surface area (Å²) in [6.45, 7) is 32.0. The maximum absolute atomic E-state index is 13.4. The van der Waals surface area contributed by atoms with Gasteiger partial charge in [0.05, 0.1) is 12.7 Å². The van der Waals surface area contributed by atoms with Gasteiger partial charge in [-0.3, -0.25) is 4.79 Å². The summed E-state index contributed by atoms with van der Waals surface area (Å²) in [6, 6.07) is 0. The SMILES string of the molecule is C[Si](C)(C)OC[C@@H](O[Si](C)(C)C)[C@H](O[Si](C)(C)C)[C@@H](O[Si](C)(C)C)C(=O)O[Si](C)(C)C. The molecule has 0 radical (unpaired) electrons. The van der Waals surface area contributed by atoms with Gasteiger partial charge in [0, 0.05) is 0 Å². The van der Waals surface area contributed by atoms with E-state index in [2.05, 4.69) is 78.6 Å². The van der Waals surface area contributed by atoms with E-state index < -0.39 is 53.8 Å². The van der Waals surface area contributed by atoms with Crippen molar-refractivity contribution >= 4 is 47.6 Å². The van der Waals surface area contributed by atoms with E-state index in [9.17, 15) is 4.79 Å². The molecule has 0 aliphatic rings. The fourth-order valence-electron chi connectivity index (χ4n) is 2.71. The van der Waals surface area contributed by atoms with Gasteiger partial charge >= 0.3 is 5.97 Å². The van der Waals surface area contributed by atoms with E-state index in [1.54, 1.807) is 0 Å². The first kappa shape index (κ1) is 31.4. The summed E-state index contributed by atoms with van der Waals surface area (Å²) >= 11 is 0. The number of carbonyl (C=O) groups excluding carboxylic acids is 1. The maximum atomic E-state index is 13.4. The van der Waals surface area contributed by atoms with Crippen LogP contribution >= 0.6 is 0 Å². The Kier molecular flexibility index (Phi) is 11.4. The zero-order valence-corrected chi connectivity index (χ0v) is 27.9. The third-order valence-corrected chi connectivity index (χ3v) is 8.26. The Bertz CT molecular complexity index is 567. The number of rotatable bonds is 13. The van der Waals surface area contributed by atoms with Crippen molar-refractivity contribution in [3.8, 4) is 0 Å². The number of carbonyl (C=O) groups is 1. The van der Waals surface area contributed by atoms with E-state index in [0.29, 0.717) is 6.61 Å². The molecule has 0 rings (SSSR count). The summed E-state index contributed by atoms with van der Waals surface area (Å²) in [7, 11) is -10.00. The van der Waals surface area contributed by atoms with Crippen molar-refractivity contribution in [1.29, 1.82) is 0 Å². The summed E-state index contributed by atoms with van der Waals surface area (Å²) in [5.74, 6) is -0.331. The van der Waals surface area contributed by atoms with Crippen LogP contribution in [0.25, 0.3) is 0 Å². The normalized spacial score (nSPS) is 17.3. The maximum Gasteiger partial charge on any atom is 0.323 e. The van der Waals surface area contributed by atoms with Crippen LogP contribution in [0.2, 0.25) is 98.2 Å². The van der Waals surface area contributed by atoms with Crippen LogP contribution in [0.3, 0.4) is 0 Å². The minimum atomic E-state index is -2.11. The van der Waals surface area contributed by atoms with Crippen LogP contribution in [-0.4, -0.2) is 72.5 Å². The van der Waals surface area contributed by atoms with E-state index in [-0.39, 0.29) is 12.1 Å². The van der Waals surface area contributed by atoms with Gasteiger partial charge in [-0.1, -0.05) is 0 Å². The highest BCUT2D eigenvalue weighted by molar-refractivity contribution is 6.72. The quantitative estimate of drug-likeness (QED) is 0.279. The lowest BCUT2D eigenvalue weighted by atomic mass is 10.1. The Morgan fingerprint density at radius 2 is 1.00 bits per heavy atom. The summed E-state index contributed by atoms with van der Waals surface area (Å²) in [5.41, 5.74) is 0. The number of hydrogen-bond acceptors (Lipinski definition) is 6. The first-order valence-electron chi connectivity index (χ1n) is 11.3. The van der Waals surface area contributed by atoms with E-state index in [1.807, 2.05) is 19.6 Å². The van der Waals surface area contributed by atoms with Crippen molar-refractivity contribution in [2.45, 2.75) is 117 Å². The summed E-state index contributed by atoms with van der Waals surface area (Å²) in [5, 5.41) is 0. The largest absolute Gasteiger partial charge is 0.518 e. The second-order valence-electron chi connectivity index (χ2n) is 13.1. The zero-order valence-electron chi connectivity index (χ0n) is 22.9. The third-order valence-electron chi connectivity index (χ3n) is 3.46. The average Bonchev–Trinajstić information content (AvgIpc) is 2.41. The van der Waals surface area contributed by atoms with Crippen LogP contribution in [-0.2, 0) is 26.9 Å². The first-order chi connectivity index (χ1) is 13.4. The molecular formula is C20H50O6Si5. The standard InChI is InChI=1S/C20H50O6Si5/c1-27(2,3)22-16-17(23-28(4,5)6)18(24-29(7,8)9)19(25-30(10,11)12)20(21)26-31(13,14)15/h17-19H,16H2,1-15H3/t17-,18+,19-/m1/s1. The Hall–Kier alpha value is 0.394. The third kappa shape index (κ3) is 16.6. The van der Waals surface area contributed by atoms with Crippen LogP contribution in [0.1, 0.15) is 0 Å². The Balaban J connectivity index is 6.35. The molecule has 11 heteroatoms. The molecule has 0 aromatic carbocycles. The first-order valence-corrected chi connectivity index (χ1v) is 28.3. The lowest BCUT2D eigenvalue weighted by Crippen LogP contribution is -2.58. The van der Waals surface area contributed by atoms with E-state index in [0.717, 1.165) is 0 Å². The molecule has 0 amide bonds. The molecular weight excluding hydrogens is 477 g/mol. The Labute approximate surface area is 197 Å². The van der Waals surface area contributed by atoms with E-state index in [4.69, 9.17) is 22.1 Å². The molecule has 0 saturated heterocycles. The van der Waals surface area contributed by atoms with Crippen molar-refractivity contribution in [3.05, 3.63) is 0 Å². The summed E-state index contributed by atoms with van der Waals surface area (Å²) in [6.07, 6.45) is -1.78. The minimum Gasteiger partial charge on any atom is -0.518 e. The monoisotopic (exact) mass is 526 g/mol. The number of hydrogen-bond donors (Lipinski definition) is 0. The molecule has 0 heterocycles. The molecule has 0 aliphatic carbocycles. The fraction of sp³-hybridized carbons (Fsp3) is 0.950. The average molecular weight is 527 g/mol. The molecule has 31 heavy (non-hydrogen) atoms. The van der Waals surface area contributed by atoms with Crippen LogP contribution in [0.15, 0.2) is 0 Å². The van der Waals surface area contributed by atoms with Crippen LogP contribution in [0.5, 0.6) is 0 Å². The molecule has 0 bridgehead atoms. The molecule has 0 spiro atoms. The highest BCUT2D eigenvalue weighted by Gasteiger charge is 2.45. The predicted octanol–water partition coefficient (Wildman–Crippen LogP) is 5.88. The smallest absolute Gasteiger partial charge is 0.323 e. The van der Waals surface area contributed by atoms with Gasteiger partial charge < -0.3 is 22.1 Å². The minimum absolute atomic E-state index is 0.331. The highest BCUT2D eigenvalue weighted by Crippen LogP contribution is 2.26. The summed E-state index contributed by atoms with van der Waals surface area (Å²) in [4.78, 5) is 13.4.